The van der Waals surface area contributed by atoms with Crippen LogP contribution in [0.4, 0.5) is 19.3 Å². The van der Waals surface area contributed by atoms with Gasteiger partial charge in [-0.05, 0) is 27.7 Å². The van der Waals surface area contributed by atoms with Gasteiger partial charge in [-0.15, -0.1) is 0 Å². The minimum absolute atomic E-state index is 0.0169. The van der Waals surface area contributed by atoms with Crippen LogP contribution in [-0.2, 0) is 9.47 Å². The molecule has 0 aliphatic carbocycles. The Morgan fingerprint density at radius 3 is 2.59 bits per heavy atom. The summed E-state index contributed by atoms with van der Waals surface area (Å²) in [5, 5.41) is -0.514. The Morgan fingerprint density at radius 1 is 1.28 bits per heavy atom. The molecule has 174 valence electrons. The third-order valence-corrected chi connectivity index (χ3v) is 4.78. The molecular weight excluding hydrogens is 428 g/mol. The summed E-state index contributed by atoms with van der Waals surface area (Å²) < 4.78 is 45.6. The first-order valence-corrected chi connectivity index (χ1v) is 10.1. The van der Waals surface area contributed by atoms with E-state index in [4.69, 9.17) is 19.9 Å². The molecule has 1 aliphatic rings. The van der Waals surface area contributed by atoms with Gasteiger partial charge in [-0.3, -0.25) is 4.79 Å². The molecule has 1 unspecified atom stereocenters. The number of pyridine rings is 1. The van der Waals surface area contributed by atoms with Crippen LogP contribution in [0.25, 0.3) is 10.9 Å². The molecule has 3 N–H and O–H groups in total. The average molecular weight is 453 g/mol. The van der Waals surface area contributed by atoms with Gasteiger partial charge in [0.1, 0.15) is 17.3 Å². The van der Waals surface area contributed by atoms with Gasteiger partial charge in [0, 0.05) is 19.2 Å². The minimum atomic E-state index is -1.27. The predicted molar refractivity (Wildman–Crippen MR) is 112 cm³/mol. The number of amides is 1. The number of aromatic amines is 1. The molecule has 0 radical (unpaired) electrons. The molecular formula is C21H25F2N3O6. The highest BCUT2D eigenvalue weighted by molar-refractivity contribution is 5.98. The quantitative estimate of drug-likeness (QED) is 0.539. The zero-order valence-corrected chi connectivity index (χ0v) is 18.2. The molecule has 1 fully saturated rings. The molecule has 32 heavy (non-hydrogen) atoms. The summed E-state index contributed by atoms with van der Waals surface area (Å²) >= 11 is 0. The number of nitrogens with one attached hydrogen (secondary N) is 1. The number of rotatable bonds is 4. The van der Waals surface area contributed by atoms with Crippen molar-refractivity contribution < 1.29 is 32.6 Å². The van der Waals surface area contributed by atoms with Gasteiger partial charge in [0.15, 0.2) is 17.4 Å². The minimum Gasteiger partial charge on any atom is -0.482 e. The summed E-state index contributed by atoms with van der Waals surface area (Å²) in [7, 11) is 0. The number of anilines is 1. The van der Waals surface area contributed by atoms with E-state index in [1.54, 1.807) is 27.7 Å². The predicted octanol–water partition coefficient (Wildman–Crippen LogP) is 2.95. The number of benzene rings is 1. The lowest BCUT2D eigenvalue weighted by Crippen LogP contribution is -2.36. The number of esters is 1. The van der Waals surface area contributed by atoms with Crippen LogP contribution in [0.15, 0.2) is 11.0 Å². The molecule has 1 saturated heterocycles. The van der Waals surface area contributed by atoms with Crippen molar-refractivity contribution in [3.05, 3.63) is 33.6 Å². The van der Waals surface area contributed by atoms with E-state index in [1.807, 2.05) is 0 Å². The number of nitrogen functional groups attached to an aromatic ring is 1. The number of hydrogen-bond donors (Lipinski definition) is 2. The van der Waals surface area contributed by atoms with Crippen molar-refractivity contribution in [3.63, 3.8) is 0 Å². The maximum atomic E-state index is 15.1. The number of carbonyl (C=O) groups is 2. The Labute approximate surface area is 182 Å². The van der Waals surface area contributed by atoms with Crippen molar-refractivity contribution >= 4 is 28.7 Å². The Hall–Kier alpha value is -3.37. The molecule has 9 nitrogen and oxygen atoms in total. The first-order valence-electron chi connectivity index (χ1n) is 10.1. The second kappa shape index (κ2) is 8.64. The van der Waals surface area contributed by atoms with Crippen molar-refractivity contribution in [2.45, 2.75) is 45.8 Å². The van der Waals surface area contributed by atoms with Crippen LogP contribution in [0.1, 0.15) is 44.5 Å². The second-order valence-corrected chi connectivity index (χ2v) is 8.33. The van der Waals surface area contributed by atoms with Gasteiger partial charge in [0.05, 0.1) is 29.7 Å². The van der Waals surface area contributed by atoms with Crippen molar-refractivity contribution in [2.24, 2.45) is 0 Å². The number of likely N-dealkylation sites (tertiary alicyclic amines) is 1. The SMILES string of the molecule is CCOC(=O)c1c[nH]c2c(F)c(OC3CCN(C(=O)OC(C)(C)C)C3)c(F)c(N)c2c1=O. The van der Waals surface area contributed by atoms with E-state index in [0.29, 0.717) is 6.42 Å². The summed E-state index contributed by atoms with van der Waals surface area (Å²) in [6.07, 6.45) is 0.0217. The number of nitrogens with zero attached hydrogens (tertiary/aromatic N) is 1. The Morgan fingerprint density at radius 2 is 1.97 bits per heavy atom. The van der Waals surface area contributed by atoms with Crippen LogP contribution in [0.5, 0.6) is 5.75 Å². The van der Waals surface area contributed by atoms with E-state index in [0.717, 1.165) is 6.20 Å². The third kappa shape index (κ3) is 4.46. The van der Waals surface area contributed by atoms with Gasteiger partial charge < -0.3 is 29.8 Å². The first kappa shape index (κ1) is 23.3. The normalized spacial score (nSPS) is 16.3. The molecule has 1 aromatic heterocycles. The van der Waals surface area contributed by atoms with Crippen LogP contribution in [0.2, 0.25) is 0 Å². The van der Waals surface area contributed by atoms with Crippen molar-refractivity contribution in [2.75, 3.05) is 25.4 Å². The highest BCUT2D eigenvalue weighted by Crippen LogP contribution is 2.35. The van der Waals surface area contributed by atoms with Crippen molar-refractivity contribution in [1.29, 1.82) is 0 Å². The lowest BCUT2D eigenvalue weighted by molar-refractivity contribution is 0.0274. The number of hydrogen-bond acceptors (Lipinski definition) is 7. The number of ether oxygens (including phenoxy) is 3. The van der Waals surface area contributed by atoms with Crippen LogP contribution in [-0.4, -0.2) is 53.3 Å². The van der Waals surface area contributed by atoms with E-state index in [-0.39, 0.29) is 19.7 Å². The zero-order valence-electron chi connectivity index (χ0n) is 18.2. The van der Waals surface area contributed by atoms with Crippen molar-refractivity contribution in [3.8, 4) is 5.75 Å². The van der Waals surface area contributed by atoms with Gasteiger partial charge in [0.25, 0.3) is 0 Å². The van der Waals surface area contributed by atoms with E-state index < -0.39 is 68.7 Å². The van der Waals surface area contributed by atoms with Crippen LogP contribution in [0, 0.1) is 11.6 Å². The van der Waals surface area contributed by atoms with Crippen LogP contribution >= 0.6 is 0 Å². The highest BCUT2D eigenvalue weighted by Gasteiger charge is 2.33. The molecule has 0 bridgehead atoms. The lowest BCUT2D eigenvalue weighted by Gasteiger charge is -2.24. The fraction of sp³-hybridized carbons (Fsp3) is 0.476. The topological polar surface area (TPSA) is 124 Å². The second-order valence-electron chi connectivity index (χ2n) is 8.33. The average Bonchev–Trinajstić information content (AvgIpc) is 3.17. The standard InChI is InChI=1S/C21H25F2N3O6/c1-5-30-19(28)11-8-25-16-12(17(11)27)15(24)13(22)18(14(16)23)31-10-6-7-26(9-10)20(29)32-21(2,3)4/h8,10H,5-7,9,24H2,1-4H3,(H,25,27). The number of fused-ring (bicyclic) bond motifs is 1. The number of aromatic nitrogens is 1. The van der Waals surface area contributed by atoms with Crippen molar-refractivity contribution in [1.82, 2.24) is 9.88 Å². The monoisotopic (exact) mass is 453 g/mol. The molecule has 1 atom stereocenters. The molecule has 1 aromatic carbocycles. The van der Waals surface area contributed by atoms with Gasteiger partial charge in [0.2, 0.25) is 5.43 Å². The largest absolute Gasteiger partial charge is 0.482 e. The molecule has 1 amide bonds. The molecule has 1 aliphatic heterocycles. The number of carbonyl (C=O) groups excluding carboxylic acids is 2. The maximum Gasteiger partial charge on any atom is 0.410 e. The summed E-state index contributed by atoms with van der Waals surface area (Å²) in [6.45, 7) is 7.10. The molecule has 2 heterocycles. The third-order valence-electron chi connectivity index (χ3n) is 4.78. The summed E-state index contributed by atoms with van der Waals surface area (Å²) in [6, 6.07) is 0. The van der Waals surface area contributed by atoms with Crippen LogP contribution in [0.3, 0.4) is 0 Å². The number of H-pyrrole nitrogens is 1. The highest BCUT2D eigenvalue weighted by atomic mass is 19.1. The van der Waals surface area contributed by atoms with Gasteiger partial charge >= 0.3 is 12.1 Å². The van der Waals surface area contributed by atoms with Gasteiger partial charge in [-0.2, -0.15) is 0 Å². The number of halogens is 2. The maximum absolute atomic E-state index is 15.1. The summed E-state index contributed by atoms with van der Waals surface area (Å²) in [5.74, 6) is -4.15. The Kier molecular flexibility index (Phi) is 6.29. The Balaban J connectivity index is 1.91. The van der Waals surface area contributed by atoms with Gasteiger partial charge in [-0.25, -0.2) is 18.4 Å². The smallest absolute Gasteiger partial charge is 0.410 e. The fourth-order valence-corrected chi connectivity index (χ4v) is 3.35. The van der Waals surface area contributed by atoms with Crippen LogP contribution < -0.4 is 15.9 Å². The number of nitrogens with two attached hydrogens (primary N) is 1. The van der Waals surface area contributed by atoms with E-state index in [1.165, 1.54) is 4.90 Å². The lowest BCUT2D eigenvalue weighted by atomic mass is 10.1. The van der Waals surface area contributed by atoms with E-state index in [2.05, 4.69) is 4.98 Å². The molecule has 11 heteroatoms. The summed E-state index contributed by atoms with van der Waals surface area (Å²) in [5.41, 5.74) is 2.63. The van der Waals surface area contributed by atoms with E-state index in [9.17, 15) is 18.8 Å². The first-order chi connectivity index (χ1) is 14.9. The summed E-state index contributed by atoms with van der Waals surface area (Å²) in [4.78, 5) is 40.6. The van der Waals surface area contributed by atoms with E-state index >= 15 is 4.39 Å². The molecule has 3 rings (SSSR count). The fourth-order valence-electron chi connectivity index (χ4n) is 3.35. The Bertz CT molecular complexity index is 1130. The molecule has 0 spiro atoms. The molecule has 0 saturated carbocycles. The van der Waals surface area contributed by atoms with Gasteiger partial charge in [-0.1, -0.05) is 0 Å². The molecule has 2 aromatic rings. The zero-order chi connectivity index (χ0) is 23.8.